The summed E-state index contributed by atoms with van der Waals surface area (Å²) in [6.45, 7) is 3.17. The van der Waals surface area contributed by atoms with E-state index in [1.54, 1.807) is 17.0 Å². The maximum absolute atomic E-state index is 12.3. The fraction of sp³-hybridized carbons (Fsp3) is 0.526. The summed E-state index contributed by atoms with van der Waals surface area (Å²) >= 11 is 0. The topological polar surface area (TPSA) is 78.5 Å². The van der Waals surface area contributed by atoms with Gasteiger partial charge in [-0.1, -0.05) is 17.7 Å². The predicted molar refractivity (Wildman–Crippen MR) is 94.0 cm³/mol. The van der Waals surface area contributed by atoms with E-state index in [1.165, 1.54) is 0 Å². The van der Waals surface area contributed by atoms with Crippen molar-refractivity contribution in [1.82, 2.24) is 15.5 Å². The van der Waals surface area contributed by atoms with E-state index < -0.39 is 0 Å². The Balaban J connectivity index is 1.40. The molecule has 0 radical (unpaired) electrons. The summed E-state index contributed by atoms with van der Waals surface area (Å²) < 4.78 is 0. The summed E-state index contributed by atoms with van der Waals surface area (Å²) in [4.78, 5) is 37.9. The molecule has 1 saturated carbocycles. The molecular weight excluding hydrogens is 318 g/mol. The third-order valence-corrected chi connectivity index (χ3v) is 4.82. The van der Waals surface area contributed by atoms with Gasteiger partial charge in [0.2, 0.25) is 11.8 Å². The molecule has 1 saturated heterocycles. The number of rotatable bonds is 5. The summed E-state index contributed by atoms with van der Waals surface area (Å²) in [6, 6.07) is 7.45. The van der Waals surface area contributed by atoms with Gasteiger partial charge in [-0.15, -0.1) is 0 Å². The van der Waals surface area contributed by atoms with Gasteiger partial charge >= 0.3 is 0 Å². The summed E-state index contributed by atoms with van der Waals surface area (Å²) in [7, 11) is 0. The highest BCUT2D eigenvalue weighted by Crippen LogP contribution is 2.29. The molecule has 1 aromatic carbocycles. The third-order valence-electron chi connectivity index (χ3n) is 4.82. The number of aryl methyl sites for hydroxylation is 1. The van der Waals surface area contributed by atoms with Crippen LogP contribution in [-0.2, 0) is 9.59 Å². The van der Waals surface area contributed by atoms with Gasteiger partial charge in [0.05, 0.1) is 6.54 Å². The first-order chi connectivity index (χ1) is 12.0. The van der Waals surface area contributed by atoms with Crippen molar-refractivity contribution in [2.24, 2.45) is 5.92 Å². The maximum Gasteiger partial charge on any atom is 0.251 e. The zero-order valence-electron chi connectivity index (χ0n) is 14.6. The molecule has 1 heterocycles. The molecule has 0 bridgehead atoms. The SMILES string of the molecule is Cc1cccc(C(=O)NCC(=O)N2CCC(NC(=O)C3CC3)CC2)c1. The zero-order valence-corrected chi connectivity index (χ0v) is 14.6. The molecule has 2 aliphatic rings. The van der Waals surface area contributed by atoms with E-state index in [9.17, 15) is 14.4 Å². The number of piperidine rings is 1. The van der Waals surface area contributed by atoms with Crippen LogP contribution in [0.3, 0.4) is 0 Å². The number of likely N-dealkylation sites (tertiary alicyclic amines) is 1. The van der Waals surface area contributed by atoms with Gasteiger partial charge < -0.3 is 15.5 Å². The molecule has 6 nitrogen and oxygen atoms in total. The summed E-state index contributed by atoms with van der Waals surface area (Å²) in [5.74, 6) is 0.0725. The average Bonchev–Trinajstić information content (AvgIpc) is 3.45. The Hall–Kier alpha value is -2.37. The Bertz CT molecular complexity index is 662. The van der Waals surface area contributed by atoms with E-state index in [0.29, 0.717) is 18.7 Å². The largest absolute Gasteiger partial charge is 0.353 e. The molecule has 1 aliphatic heterocycles. The van der Waals surface area contributed by atoms with Crippen molar-refractivity contribution in [3.63, 3.8) is 0 Å². The van der Waals surface area contributed by atoms with Gasteiger partial charge in [-0.05, 0) is 44.7 Å². The van der Waals surface area contributed by atoms with E-state index >= 15 is 0 Å². The van der Waals surface area contributed by atoms with Gasteiger partial charge in [-0.3, -0.25) is 14.4 Å². The zero-order chi connectivity index (χ0) is 17.8. The fourth-order valence-corrected chi connectivity index (χ4v) is 3.09. The highest BCUT2D eigenvalue weighted by atomic mass is 16.2. The van der Waals surface area contributed by atoms with Crippen LogP contribution in [0.1, 0.15) is 41.6 Å². The Morgan fingerprint density at radius 3 is 2.48 bits per heavy atom. The first-order valence-electron chi connectivity index (χ1n) is 8.96. The number of carbonyl (C=O) groups is 3. The lowest BCUT2D eigenvalue weighted by atomic mass is 10.0. The minimum atomic E-state index is -0.233. The summed E-state index contributed by atoms with van der Waals surface area (Å²) in [6.07, 6.45) is 3.56. The molecule has 1 aliphatic carbocycles. The first kappa shape index (κ1) is 17.5. The molecule has 0 unspecified atom stereocenters. The highest BCUT2D eigenvalue weighted by molar-refractivity contribution is 5.96. The van der Waals surface area contributed by atoms with Crippen molar-refractivity contribution in [1.29, 1.82) is 0 Å². The van der Waals surface area contributed by atoms with Crippen LogP contribution in [0.25, 0.3) is 0 Å². The molecule has 0 aromatic heterocycles. The van der Waals surface area contributed by atoms with Crippen LogP contribution in [-0.4, -0.2) is 48.3 Å². The highest BCUT2D eigenvalue weighted by Gasteiger charge is 2.32. The predicted octanol–water partition coefficient (Wildman–Crippen LogP) is 1.24. The second-order valence-electron chi connectivity index (χ2n) is 6.99. The fourth-order valence-electron chi connectivity index (χ4n) is 3.09. The lowest BCUT2D eigenvalue weighted by molar-refractivity contribution is -0.131. The van der Waals surface area contributed by atoms with Gasteiger partial charge in [-0.25, -0.2) is 0 Å². The minimum Gasteiger partial charge on any atom is -0.353 e. The van der Waals surface area contributed by atoms with Gasteiger partial charge in [-0.2, -0.15) is 0 Å². The standard InChI is InChI=1S/C19H25N3O3/c1-13-3-2-4-15(11-13)18(24)20-12-17(23)22-9-7-16(8-10-22)21-19(25)14-5-6-14/h2-4,11,14,16H,5-10,12H2,1H3,(H,20,24)(H,21,25). The second-order valence-corrected chi connectivity index (χ2v) is 6.99. The second kappa shape index (κ2) is 7.68. The van der Waals surface area contributed by atoms with Crippen LogP contribution < -0.4 is 10.6 Å². The van der Waals surface area contributed by atoms with Crippen molar-refractivity contribution in [3.05, 3.63) is 35.4 Å². The van der Waals surface area contributed by atoms with Gasteiger partial charge in [0, 0.05) is 30.6 Å². The van der Waals surface area contributed by atoms with Crippen LogP contribution in [0.4, 0.5) is 0 Å². The van der Waals surface area contributed by atoms with Crippen molar-refractivity contribution in [2.45, 2.75) is 38.6 Å². The maximum atomic E-state index is 12.3. The van der Waals surface area contributed by atoms with Crippen LogP contribution >= 0.6 is 0 Å². The molecule has 2 N–H and O–H groups in total. The first-order valence-corrected chi connectivity index (χ1v) is 8.96. The van der Waals surface area contributed by atoms with Crippen molar-refractivity contribution in [3.8, 4) is 0 Å². The number of amides is 3. The van der Waals surface area contributed by atoms with E-state index in [4.69, 9.17) is 0 Å². The van der Waals surface area contributed by atoms with Crippen LogP contribution in [0.2, 0.25) is 0 Å². The molecular formula is C19H25N3O3. The van der Waals surface area contributed by atoms with Gasteiger partial charge in [0.1, 0.15) is 0 Å². The molecule has 3 rings (SSSR count). The van der Waals surface area contributed by atoms with E-state index in [1.807, 2.05) is 19.1 Å². The van der Waals surface area contributed by atoms with Crippen molar-refractivity contribution >= 4 is 17.7 Å². The number of benzene rings is 1. The van der Waals surface area contributed by atoms with Crippen molar-refractivity contribution < 1.29 is 14.4 Å². The van der Waals surface area contributed by atoms with Gasteiger partial charge in [0.25, 0.3) is 5.91 Å². The third kappa shape index (κ3) is 4.81. The van der Waals surface area contributed by atoms with Crippen molar-refractivity contribution in [2.75, 3.05) is 19.6 Å². The van der Waals surface area contributed by atoms with E-state index in [0.717, 1.165) is 31.2 Å². The summed E-state index contributed by atoms with van der Waals surface area (Å²) in [5.41, 5.74) is 1.57. The molecule has 1 aromatic rings. The Kier molecular flexibility index (Phi) is 5.36. The number of hydrogen-bond donors (Lipinski definition) is 2. The molecule has 134 valence electrons. The molecule has 25 heavy (non-hydrogen) atoms. The normalized spacial score (nSPS) is 17.9. The number of carbonyl (C=O) groups excluding carboxylic acids is 3. The Labute approximate surface area is 148 Å². The smallest absolute Gasteiger partial charge is 0.251 e. The number of nitrogens with one attached hydrogen (secondary N) is 2. The Morgan fingerprint density at radius 1 is 1.12 bits per heavy atom. The number of nitrogens with zero attached hydrogens (tertiary/aromatic N) is 1. The van der Waals surface area contributed by atoms with Crippen LogP contribution in [0.5, 0.6) is 0 Å². The number of hydrogen-bond acceptors (Lipinski definition) is 3. The van der Waals surface area contributed by atoms with E-state index in [-0.39, 0.29) is 36.2 Å². The van der Waals surface area contributed by atoms with Crippen LogP contribution in [0, 0.1) is 12.8 Å². The lowest BCUT2D eigenvalue weighted by Crippen LogP contribution is -2.49. The van der Waals surface area contributed by atoms with Crippen LogP contribution in [0.15, 0.2) is 24.3 Å². The van der Waals surface area contributed by atoms with Gasteiger partial charge in [0.15, 0.2) is 0 Å². The average molecular weight is 343 g/mol. The molecule has 3 amide bonds. The lowest BCUT2D eigenvalue weighted by Gasteiger charge is -2.32. The summed E-state index contributed by atoms with van der Waals surface area (Å²) in [5, 5.41) is 5.76. The minimum absolute atomic E-state index is 0.00583. The monoisotopic (exact) mass is 343 g/mol. The van der Waals surface area contributed by atoms with E-state index in [2.05, 4.69) is 10.6 Å². The molecule has 6 heteroatoms. The molecule has 0 spiro atoms. The molecule has 0 atom stereocenters. The molecule has 2 fully saturated rings. The quantitative estimate of drug-likeness (QED) is 0.844. The Morgan fingerprint density at radius 2 is 1.84 bits per heavy atom.